The van der Waals surface area contributed by atoms with Gasteiger partial charge in [-0.1, -0.05) is 5.21 Å². The molecule has 3 aliphatic rings. The molecule has 2 N–H and O–H groups in total. The Hall–Kier alpha value is -4.49. The summed E-state index contributed by atoms with van der Waals surface area (Å²) in [4.78, 5) is 50.6. The fourth-order valence-corrected chi connectivity index (χ4v) is 4.50. The SMILES string of the molecule is O=C1CCC(N2Cc3cc(-n4cc(C(=O)Nc5ccnn5C5CC5(F)F)nn4)ccc3C2=O)C(=O)N1. The van der Waals surface area contributed by atoms with Crippen LogP contribution < -0.4 is 10.6 Å². The zero-order chi connectivity index (χ0) is 25.2. The van der Waals surface area contributed by atoms with E-state index < -0.39 is 29.8 Å². The predicted octanol–water partition coefficient (Wildman–Crippen LogP) is 1.06. The molecule has 1 aliphatic carbocycles. The normalized spacial score (nSPS) is 22.4. The molecule has 1 saturated heterocycles. The molecular formula is C22H18F2N8O4. The highest BCUT2D eigenvalue weighted by atomic mass is 19.3. The zero-order valence-corrected chi connectivity index (χ0v) is 18.5. The number of anilines is 1. The maximum Gasteiger partial charge on any atom is 0.279 e. The molecule has 2 unspecified atom stereocenters. The molecule has 3 aromatic rings. The maximum atomic E-state index is 13.4. The van der Waals surface area contributed by atoms with Gasteiger partial charge < -0.3 is 10.2 Å². The van der Waals surface area contributed by atoms with E-state index in [1.165, 1.54) is 28.0 Å². The molecule has 6 rings (SSSR count). The van der Waals surface area contributed by atoms with Crippen LogP contribution >= 0.6 is 0 Å². The van der Waals surface area contributed by atoms with E-state index in [0.29, 0.717) is 16.8 Å². The fourth-order valence-electron chi connectivity index (χ4n) is 4.50. The van der Waals surface area contributed by atoms with E-state index >= 15 is 0 Å². The van der Waals surface area contributed by atoms with Crippen molar-refractivity contribution in [3.8, 4) is 5.69 Å². The number of fused-ring (bicyclic) bond motifs is 1. The van der Waals surface area contributed by atoms with Crippen molar-refractivity contribution < 1.29 is 28.0 Å². The van der Waals surface area contributed by atoms with Crippen molar-refractivity contribution in [3.63, 3.8) is 0 Å². The van der Waals surface area contributed by atoms with E-state index in [2.05, 4.69) is 26.0 Å². The lowest BCUT2D eigenvalue weighted by molar-refractivity contribution is -0.136. The van der Waals surface area contributed by atoms with Gasteiger partial charge in [-0.2, -0.15) is 5.10 Å². The molecule has 4 heterocycles. The number of amides is 4. The first-order valence-corrected chi connectivity index (χ1v) is 11.1. The lowest BCUT2D eigenvalue weighted by Crippen LogP contribution is -2.52. The van der Waals surface area contributed by atoms with Gasteiger partial charge in [0, 0.05) is 31.0 Å². The Morgan fingerprint density at radius 2 is 2.00 bits per heavy atom. The highest BCUT2D eigenvalue weighted by Crippen LogP contribution is 2.53. The Labute approximate surface area is 201 Å². The second-order valence-electron chi connectivity index (χ2n) is 8.89. The summed E-state index contributed by atoms with van der Waals surface area (Å²) in [6.07, 6.45) is 2.78. The first-order chi connectivity index (χ1) is 17.2. The number of halogens is 2. The third-order valence-corrected chi connectivity index (χ3v) is 6.50. The molecule has 1 saturated carbocycles. The molecule has 2 atom stereocenters. The molecule has 2 aliphatic heterocycles. The van der Waals surface area contributed by atoms with Gasteiger partial charge in [-0.05, 0) is 30.2 Å². The van der Waals surface area contributed by atoms with Crippen LogP contribution in [-0.2, 0) is 16.1 Å². The van der Waals surface area contributed by atoms with Crippen LogP contribution in [0, 0.1) is 0 Å². The monoisotopic (exact) mass is 496 g/mol. The van der Waals surface area contributed by atoms with E-state index in [9.17, 15) is 28.0 Å². The number of nitrogens with one attached hydrogen (secondary N) is 2. The van der Waals surface area contributed by atoms with Gasteiger partial charge >= 0.3 is 0 Å². The summed E-state index contributed by atoms with van der Waals surface area (Å²) in [6, 6.07) is 4.55. The number of piperidine rings is 1. The maximum absolute atomic E-state index is 13.4. The van der Waals surface area contributed by atoms with Crippen molar-refractivity contribution >= 4 is 29.4 Å². The lowest BCUT2D eigenvalue weighted by Gasteiger charge is -2.29. The number of benzene rings is 1. The van der Waals surface area contributed by atoms with Crippen LogP contribution in [0.4, 0.5) is 14.6 Å². The summed E-state index contributed by atoms with van der Waals surface area (Å²) in [5.74, 6) is -4.52. The molecule has 2 fully saturated rings. The lowest BCUT2D eigenvalue weighted by atomic mass is 10.0. The molecule has 0 spiro atoms. The minimum Gasteiger partial charge on any atom is -0.322 e. The van der Waals surface area contributed by atoms with Gasteiger partial charge in [0.05, 0.1) is 18.1 Å². The van der Waals surface area contributed by atoms with Crippen molar-refractivity contribution in [2.75, 3.05) is 5.32 Å². The number of nitrogens with zero attached hydrogens (tertiary/aromatic N) is 6. The number of hydrogen-bond acceptors (Lipinski definition) is 7. The van der Waals surface area contributed by atoms with E-state index in [1.807, 2.05) is 0 Å². The van der Waals surface area contributed by atoms with Crippen LogP contribution in [0.25, 0.3) is 5.69 Å². The van der Waals surface area contributed by atoms with Crippen molar-refractivity contribution in [2.24, 2.45) is 0 Å². The summed E-state index contributed by atoms with van der Waals surface area (Å²) >= 11 is 0. The Morgan fingerprint density at radius 3 is 2.75 bits per heavy atom. The largest absolute Gasteiger partial charge is 0.322 e. The first kappa shape index (κ1) is 22.0. The number of carbonyl (C=O) groups excluding carboxylic acids is 4. The Bertz CT molecular complexity index is 1450. The van der Waals surface area contributed by atoms with Gasteiger partial charge in [-0.3, -0.25) is 24.5 Å². The van der Waals surface area contributed by atoms with Gasteiger partial charge in [-0.25, -0.2) is 18.1 Å². The van der Waals surface area contributed by atoms with E-state index in [-0.39, 0.29) is 49.1 Å². The summed E-state index contributed by atoms with van der Waals surface area (Å²) in [5.41, 5.74) is 1.58. The zero-order valence-electron chi connectivity index (χ0n) is 18.5. The molecule has 36 heavy (non-hydrogen) atoms. The summed E-state index contributed by atoms with van der Waals surface area (Å²) in [7, 11) is 0. The summed E-state index contributed by atoms with van der Waals surface area (Å²) in [6.45, 7) is 0.187. The average molecular weight is 496 g/mol. The predicted molar refractivity (Wildman–Crippen MR) is 116 cm³/mol. The summed E-state index contributed by atoms with van der Waals surface area (Å²) in [5, 5.41) is 16.5. The van der Waals surface area contributed by atoms with Gasteiger partial charge in [0.2, 0.25) is 11.8 Å². The Balaban J connectivity index is 1.18. The molecule has 0 bridgehead atoms. The minimum atomic E-state index is -2.85. The number of hydrogen-bond donors (Lipinski definition) is 2. The average Bonchev–Trinajstić information content (AvgIpc) is 3.28. The Morgan fingerprint density at radius 1 is 1.19 bits per heavy atom. The van der Waals surface area contributed by atoms with Crippen LogP contribution in [0.3, 0.4) is 0 Å². The van der Waals surface area contributed by atoms with Gasteiger partial charge in [0.25, 0.3) is 17.7 Å². The van der Waals surface area contributed by atoms with Gasteiger partial charge in [0.1, 0.15) is 17.9 Å². The molecule has 14 heteroatoms. The van der Waals surface area contributed by atoms with E-state index in [4.69, 9.17) is 0 Å². The van der Waals surface area contributed by atoms with Crippen molar-refractivity contribution in [1.29, 1.82) is 0 Å². The van der Waals surface area contributed by atoms with Crippen molar-refractivity contribution in [1.82, 2.24) is 35.0 Å². The molecule has 184 valence electrons. The number of carbonyl (C=O) groups is 4. The van der Waals surface area contributed by atoms with Crippen LogP contribution in [0.2, 0.25) is 0 Å². The molecular weight excluding hydrogens is 478 g/mol. The molecule has 1 aromatic carbocycles. The topological polar surface area (TPSA) is 144 Å². The highest BCUT2D eigenvalue weighted by molar-refractivity contribution is 6.05. The van der Waals surface area contributed by atoms with Crippen LogP contribution in [0.1, 0.15) is 51.7 Å². The van der Waals surface area contributed by atoms with Crippen LogP contribution in [-0.4, -0.2) is 65.3 Å². The second kappa shape index (κ2) is 7.76. The van der Waals surface area contributed by atoms with Crippen molar-refractivity contribution in [3.05, 3.63) is 53.5 Å². The Kier molecular flexibility index (Phi) is 4.74. The smallest absolute Gasteiger partial charge is 0.279 e. The molecule has 12 nitrogen and oxygen atoms in total. The van der Waals surface area contributed by atoms with Gasteiger partial charge in [0.15, 0.2) is 5.69 Å². The van der Waals surface area contributed by atoms with Crippen LogP contribution in [0.15, 0.2) is 36.7 Å². The fraction of sp³-hybridized carbons (Fsp3) is 0.318. The molecule has 2 aromatic heterocycles. The number of rotatable bonds is 5. The van der Waals surface area contributed by atoms with Crippen LogP contribution in [0.5, 0.6) is 0 Å². The number of imide groups is 1. The van der Waals surface area contributed by atoms with Crippen molar-refractivity contribution in [2.45, 2.75) is 43.8 Å². The van der Waals surface area contributed by atoms with E-state index in [0.717, 1.165) is 4.68 Å². The molecule has 0 radical (unpaired) electrons. The standard InChI is InChI=1S/C22H18F2N8O4/c23-22(24)8-16(22)32-17(5-6-25-32)26-19(34)14-10-31(29-28-14)12-1-2-13-11(7-12)9-30(21(13)36)15-3-4-18(33)27-20(15)35/h1-2,5-7,10,15-16H,3-4,8-9H2,(H,26,34)(H,27,33,35). The highest BCUT2D eigenvalue weighted by Gasteiger charge is 2.59. The molecule has 4 amide bonds. The first-order valence-electron chi connectivity index (χ1n) is 11.1. The third-order valence-electron chi connectivity index (χ3n) is 6.50. The number of alkyl halides is 2. The van der Waals surface area contributed by atoms with Gasteiger partial charge in [-0.15, -0.1) is 5.10 Å². The van der Waals surface area contributed by atoms with E-state index in [1.54, 1.807) is 18.2 Å². The second-order valence-corrected chi connectivity index (χ2v) is 8.89. The summed E-state index contributed by atoms with van der Waals surface area (Å²) < 4.78 is 29.3. The number of aromatic nitrogens is 5. The third kappa shape index (κ3) is 3.61. The minimum absolute atomic E-state index is 0.0490. The quantitative estimate of drug-likeness (QED) is 0.503.